The minimum absolute atomic E-state index is 0. The van der Waals surface area contributed by atoms with Gasteiger partial charge in [-0.3, -0.25) is 4.79 Å². The third-order valence-electron chi connectivity index (χ3n) is 1.67. The summed E-state index contributed by atoms with van der Waals surface area (Å²) >= 11 is 0. The standard InChI is InChI=1S/C10H9O4.Na.H2O/c1-13-9(11)7-5-3-4-6-8(7)10(12)14-2;;/h3,5-6H,1-2H3;;1H2/q-1;+1;/p-1. The van der Waals surface area contributed by atoms with Crippen molar-refractivity contribution in [1.29, 1.82) is 0 Å². The van der Waals surface area contributed by atoms with Crippen LogP contribution in [0.5, 0.6) is 0 Å². The zero-order valence-electron chi connectivity index (χ0n) is 9.31. The summed E-state index contributed by atoms with van der Waals surface area (Å²) in [4.78, 5) is 22.4. The third-order valence-corrected chi connectivity index (χ3v) is 1.67. The SMILES string of the molecule is COC(=O)c1c[c-]ccc1C(=O)OC.[Na+].[OH-]. The maximum absolute atomic E-state index is 11.2. The summed E-state index contributed by atoms with van der Waals surface area (Å²) in [5.41, 5.74) is 0.333. The van der Waals surface area contributed by atoms with Gasteiger partial charge in [-0.25, -0.2) is 4.79 Å². The van der Waals surface area contributed by atoms with E-state index in [4.69, 9.17) is 0 Å². The Morgan fingerprint density at radius 3 is 2.12 bits per heavy atom. The van der Waals surface area contributed by atoms with Gasteiger partial charge in [-0.2, -0.15) is 24.3 Å². The first kappa shape index (κ1) is 17.5. The van der Waals surface area contributed by atoms with Gasteiger partial charge in [0.05, 0.1) is 14.2 Å². The van der Waals surface area contributed by atoms with Gasteiger partial charge in [-0.1, -0.05) is 0 Å². The molecule has 5 nitrogen and oxygen atoms in total. The van der Waals surface area contributed by atoms with Gasteiger partial charge in [0.25, 0.3) is 5.97 Å². The number of carbonyl (C=O) groups is 2. The quantitative estimate of drug-likeness (QED) is 0.331. The Balaban J connectivity index is 0. The van der Waals surface area contributed by atoms with E-state index in [1.54, 1.807) is 0 Å². The number of esters is 2. The molecule has 0 radical (unpaired) electrons. The van der Waals surface area contributed by atoms with Crippen molar-refractivity contribution >= 4 is 11.9 Å². The van der Waals surface area contributed by atoms with Gasteiger partial charge in [-0.05, 0) is 11.1 Å². The maximum atomic E-state index is 11.2. The molecular formula is C10H10NaO5-. The molecule has 0 unspecified atom stereocenters. The summed E-state index contributed by atoms with van der Waals surface area (Å²) in [6, 6.07) is 7.06. The Bertz CT molecular complexity index is 329. The largest absolute Gasteiger partial charge is 1.00 e. The minimum atomic E-state index is -0.581. The Hall–Kier alpha value is -0.880. The topological polar surface area (TPSA) is 82.6 Å². The molecule has 0 heterocycles. The molecule has 82 valence electrons. The van der Waals surface area contributed by atoms with Crippen LogP contribution in [-0.2, 0) is 9.47 Å². The fraction of sp³-hybridized carbons (Fsp3) is 0.200. The van der Waals surface area contributed by atoms with Crippen molar-refractivity contribution < 1.29 is 54.1 Å². The molecule has 0 aliphatic carbocycles. The number of benzene rings is 1. The van der Waals surface area contributed by atoms with E-state index >= 15 is 0 Å². The smallest absolute Gasteiger partial charge is 0.870 e. The van der Waals surface area contributed by atoms with Crippen LogP contribution in [-0.4, -0.2) is 31.6 Å². The van der Waals surface area contributed by atoms with Gasteiger partial charge < -0.3 is 14.9 Å². The van der Waals surface area contributed by atoms with E-state index in [1.807, 2.05) is 0 Å². The van der Waals surface area contributed by atoms with E-state index in [0.717, 1.165) is 0 Å². The molecule has 0 saturated heterocycles. The van der Waals surface area contributed by atoms with Crippen LogP contribution in [0.3, 0.4) is 0 Å². The number of ether oxygens (including phenoxy) is 2. The van der Waals surface area contributed by atoms with Crippen LogP contribution in [0, 0.1) is 6.07 Å². The summed E-state index contributed by atoms with van der Waals surface area (Å²) in [5.74, 6) is -1.15. The van der Waals surface area contributed by atoms with Gasteiger partial charge in [0.2, 0.25) is 0 Å². The summed E-state index contributed by atoms with van der Waals surface area (Å²) in [6.07, 6.45) is 0. The second-order valence-corrected chi connectivity index (χ2v) is 2.45. The van der Waals surface area contributed by atoms with Gasteiger partial charge in [-0.15, -0.1) is 0 Å². The molecule has 0 spiro atoms. The number of hydrogen-bond donors (Lipinski definition) is 0. The van der Waals surface area contributed by atoms with E-state index in [2.05, 4.69) is 15.5 Å². The van der Waals surface area contributed by atoms with Crippen molar-refractivity contribution in [2.45, 2.75) is 0 Å². The number of methoxy groups -OCH3 is 2. The summed E-state index contributed by atoms with van der Waals surface area (Å²) in [7, 11) is 2.50. The summed E-state index contributed by atoms with van der Waals surface area (Å²) in [5, 5.41) is 0. The van der Waals surface area contributed by atoms with Crippen molar-refractivity contribution in [3.8, 4) is 0 Å². The molecule has 0 aliphatic rings. The van der Waals surface area contributed by atoms with Crippen LogP contribution in [0.2, 0.25) is 0 Å². The zero-order chi connectivity index (χ0) is 10.6. The zero-order valence-corrected chi connectivity index (χ0v) is 11.3. The molecule has 1 aromatic rings. The molecule has 1 N–H and O–H groups in total. The van der Waals surface area contributed by atoms with Gasteiger partial charge in [0, 0.05) is 0 Å². The van der Waals surface area contributed by atoms with Crippen molar-refractivity contribution in [2.75, 3.05) is 14.2 Å². The predicted molar refractivity (Wildman–Crippen MR) is 49.9 cm³/mol. The van der Waals surface area contributed by atoms with E-state index in [-0.39, 0.29) is 46.2 Å². The van der Waals surface area contributed by atoms with Crippen LogP contribution in [0.1, 0.15) is 20.7 Å². The van der Waals surface area contributed by atoms with E-state index in [9.17, 15) is 9.59 Å². The Morgan fingerprint density at radius 1 is 1.12 bits per heavy atom. The number of hydrogen-bond acceptors (Lipinski definition) is 5. The van der Waals surface area contributed by atoms with Gasteiger partial charge in [0.15, 0.2) is 0 Å². The molecule has 0 fully saturated rings. The molecule has 0 atom stereocenters. The fourth-order valence-corrected chi connectivity index (χ4v) is 0.997. The number of rotatable bonds is 2. The van der Waals surface area contributed by atoms with Crippen molar-refractivity contribution in [3.63, 3.8) is 0 Å². The molecule has 16 heavy (non-hydrogen) atoms. The molecule has 0 bridgehead atoms. The van der Waals surface area contributed by atoms with Crippen molar-refractivity contribution in [3.05, 3.63) is 35.4 Å². The first-order chi connectivity index (χ1) is 6.70. The second-order valence-electron chi connectivity index (χ2n) is 2.45. The van der Waals surface area contributed by atoms with Crippen molar-refractivity contribution in [1.82, 2.24) is 0 Å². The molecular weight excluding hydrogens is 223 g/mol. The number of carbonyl (C=O) groups excluding carboxylic acids is 2. The predicted octanol–water partition coefficient (Wildman–Crippen LogP) is -2.11. The van der Waals surface area contributed by atoms with E-state index in [1.165, 1.54) is 32.4 Å². The van der Waals surface area contributed by atoms with Gasteiger partial charge in [0.1, 0.15) is 0 Å². The Morgan fingerprint density at radius 2 is 1.62 bits per heavy atom. The monoisotopic (exact) mass is 233 g/mol. The van der Waals surface area contributed by atoms with Crippen LogP contribution < -0.4 is 29.6 Å². The molecule has 0 aromatic heterocycles. The Labute approximate surface area is 115 Å². The molecule has 0 aliphatic heterocycles. The minimum Gasteiger partial charge on any atom is -0.870 e. The molecule has 0 saturated carbocycles. The fourth-order valence-electron chi connectivity index (χ4n) is 0.997. The second kappa shape index (κ2) is 8.29. The van der Waals surface area contributed by atoms with Crippen molar-refractivity contribution in [2.24, 2.45) is 0 Å². The van der Waals surface area contributed by atoms with E-state index < -0.39 is 11.9 Å². The van der Waals surface area contributed by atoms with Crippen LogP contribution in [0.15, 0.2) is 18.2 Å². The molecule has 1 rings (SSSR count). The normalized spacial score (nSPS) is 8.12. The van der Waals surface area contributed by atoms with Crippen LogP contribution >= 0.6 is 0 Å². The maximum Gasteiger partial charge on any atom is 1.00 e. The third kappa shape index (κ3) is 3.94. The van der Waals surface area contributed by atoms with E-state index in [0.29, 0.717) is 0 Å². The summed E-state index contributed by atoms with van der Waals surface area (Å²) in [6.45, 7) is 0. The first-order valence-corrected chi connectivity index (χ1v) is 3.87. The molecule has 1 aromatic carbocycles. The van der Waals surface area contributed by atoms with Crippen LogP contribution in [0.25, 0.3) is 0 Å². The Kier molecular flexibility index (Phi) is 9.08. The molecule has 0 amide bonds. The summed E-state index contributed by atoms with van der Waals surface area (Å²) < 4.78 is 9.02. The average Bonchev–Trinajstić information content (AvgIpc) is 2.27. The molecule has 6 heteroatoms. The van der Waals surface area contributed by atoms with Crippen LogP contribution in [0.4, 0.5) is 0 Å². The first-order valence-electron chi connectivity index (χ1n) is 3.87. The average molecular weight is 233 g/mol. The van der Waals surface area contributed by atoms with Gasteiger partial charge >= 0.3 is 35.5 Å².